The number of nitrogens with one attached hydrogen (secondary N) is 1. The van der Waals surface area contributed by atoms with Crippen molar-refractivity contribution in [3.8, 4) is 0 Å². The Balaban J connectivity index is 2.05. The van der Waals surface area contributed by atoms with Crippen molar-refractivity contribution in [2.24, 2.45) is 0 Å². The molecule has 0 saturated heterocycles. The Labute approximate surface area is 222 Å². The van der Waals surface area contributed by atoms with Crippen LogP contribution in [-0.4, -0.2) is 37.7 Å². The van der Waals surface area contributed by atoms with E-state index in [1.807, 2.05) is 30.3 Å². The van der Waals surface area contributed by atoms with Gasteiger partial charge in [0.05, 0.1) is 13.7 Å². The summed E-state index contributed by atoms with van der Waals surface area (Å²) >= 11 is 0. The van der Waals surface area contributed by atoms with Crippen LogP contribution in [0.4, 0.5) is 10.5 Å². The number of hydrogen-bond acceptors (Lipinski definition) is 6. The summed E-state index contributed by atoms with van der Waals surface area (Å²) in [5.41, 5.74) is -3.09. The predicted molar refractivity (Wildman–Crippen MR) is 142 cm³/mol. The van der Waals surface area contributed by atoms with Crippen molar-refractivity contribution in [2.75, 3.05) is 19.1 Å². The fourth-order valence-electron chi connectivity index (χ4n) is 4.89. The second-order valence-corrected chi connectivity index (χ2v) is 10.1. The Hall–Kier alpha value is -4.17. The molecule has 0 unspecified atom stereocenters. The average molecular weight is 517 g/mol. The van der Waals surface area contributed by atoms with Gasteiger partial charge >= 0.3 is 12.1 Å². The molecule has 8 heteroatoms. The largest absolute Gasteiger partial charge is 0.467 e. The van der Waals surface area contributed by atoms with Crippen molar-refractivity contribution in [1.29, 1.82) is 0 Å². The van der Waals surface area contributed by atoms with Gasteiger partial charge in [0.15, 0.2) is 5.54 Å². The molecule has 0 fully saturated rings. The number of benzene rings is 3. The SMILES string of the molecule is COC(=O)[C@@](OCc1ccccc1)(c1ccccc1)[C@]1(NC(=O)OC(C)(C)C)C(=O)N(C)c2ccccc21. The molecule has 1 aliphatic rings. The molecule has 1 aliphatic heterocycles. The van der Waals surface area contributed by atoms with Crippen LogP contribution in [0.5, 0.6) is 0 Å². The zero-order chi connectivity index (χ0) is 27.6. The van der Waals surface area contributed by atoms with Gasteiger partial charge in [0.2, 0.25) is 5.60 Å². The first-order valence-electron chi connectivity index (χ1n) is 12.3. The van der Waals surface area contributed by atoms with E-state index in [1.165, 1.54) is 12.0 Å². The van der Waals surface area contributed by atoms with Crippen molar-refractivity contribution in [2.45, 2.75) is 44.1 Å². The monoisotopic (exact) mass is 516 g/mol. The van der Waals surface area contributed by atoms with Gasteiger partial charge in [-0.05, 0) is 38.0 Å². The van der Waals surface area contributed by atoms with Gasteiger partial charge in [-0.1, -0.05) is 78.9 Å². The molecule has 1 heterocycles. The van der Waals surface area contributed by atoms with Gasteiger partial charge in [0, 0.05) is 18.3 Å². The number of hydrogen-bond donors (Lipinski definition) is 1. The standard InChI is InChI=1S/C30H32N2O6/c1-28(2,3)38-27(35)31-29(23-18-12-13-19-24(23)32(4)25(29)33)30(26(34)36-5,22-16-10-7-11-17-22)37-20-21-14-8-6-9-15-21/h6-19H,20H2,1-5H3,(H,31,35)/t29-,30+/m1/s1. The third-order valence-electron chi connectivity index (χ3n) is 6.46. The maximum absolute atomic E-state index is 14.4. The summed E-state index contributed by atoms with van der Waals surface area (Å²) in [4.78, 5) is 43.3. The highest BCUT2D eigenvalue weighted by molar-refractivity contribution is 6.13. The first kappa shape index (κ1) is 26.9. The Morgan fingerprint density at radius 3 is 2.08 bits per heavy atom. The van der Waals surface area contributed by atoms with Gasteiger partial charge in [0.1, 0.15) is 5.60 Å². The lowest BCUT2D eigenvalue weighted by Gasteiger charge is -2.45. The third-order valence-corrected chi connectivity index (χ3v) is 6.46. The van der Waals surface area contributed by atoms with Crippen molar-refractivity contribution < 1.29 is 28.6 Å². The molecule has 3 aromatic rings. The van der Waals surface area contributed by atoms with Gasteiger partial charge in [-0.3, -0.25) is 10.1 Å². The second-order valence-electron chi connectivity index (χ2n) is 10.1. The summed E-state index contributed by atoms with van der Waals surface area (Å²) in [5.74, 6) is -1.43. The molecule has 0 aromatic heterocycles. The number of amides is 2. The molecule has 1 N–H and O–H groups in total. The highest BCUT2D eigenvalue weighted by Gasteiger charge is 2.70. The van der Waals surface area contributed by atoms with Crippen molar-refractivity contribution >= 4 is 23.7 Å². The van der Waals surface area contributed by atoms with Gasteiger partial charge in [-0.25, -0.2) is 9.59 Å². The molecule has 2 amide bonds. The van der Waals surface area contributed by atoms with Crippen LogP contribution in [0.15, 0.2) is 84.9 Å². The number of rotatable bonds is 7. The normalized spacial score (nSPS) is 18.3. The summed E-state index contributed by atoms with van der Waals surface area (Å²) in [7, 11) is 2.81. The number of likely N-dealkylation sites (N-methyl/N-ethyl adjacent to an activating group) is 1. The van der Waals surface area contributed by atoms with Crippen LogP contribution >= 0.6 is 0 Å². The zero-order valence-electron chi connectivity index (χ0n) is 22.2. The van der Waals surface area contributed by atoms with E-state index >= 15 is 0 Å². The maximum atomic E-state index is 14.4. The van der Waals surface area contributed by atoms with Crippen molar-refractivity contribution in [1.82, 2.24) is 5.32 Å². The number of nitrogens with zero attached hydrogens (tertiary/aromatic N) is 1. The van der Waals surface area contributed by atoms with Crippen LogP contribution in [0.3, 0.4) is 0 Å². The van der Waals surface area contributed by atoms with Crippen LogP contribution in [0.1, 0.15) is 37.5 Å². The Kier molecular flexibility index (Phi) is 7.29. The molecule has 0 aliphatic carbocycles. The lowest BCUT2D eigenvalue weighted by molar-refractivity contribution is -0.192. The summed E-state index contributed by atoms with van der Waals surface area (Å²) < 4.78 is 17.5. The molecule has 0 bridgehead atoms. The van der Waals surface area contributed by atoms with Gasteiger partial charge < -0.3 is 19.1 Å². The molecular formula is C30H32N2O6. The highest BCUT2D eigenvalue weighted by atomic mass is 16.6. The highest BCUT2D eigenvalue weighted by Crippen LogP contribution is 2.53. The van der Waals surface area contributed by atoms with Crippen molar-refractivity contribution in [3.05, 3.63) is 102 Å². The van der Waals surface area contributed by atoms with E-state index in [-0.39, 0.29) is 6.61 Å². The van der Waals surface area contributed by atoms with Gasteiger partial charge in [0.25, 0.3) is 5.91 Å². The number of fused-ring (bicyclic) bond motifs is 1. The quantitative estimate of drug-likeness (QED) is 0.459. The van der Waals surface area contributed by atoms with Crippen molar-refractivity contribution in [3.63, 3.8) is 0 Å². The van der Waals surface area contributed by atoms with E-state index in [4.69, 9.17) is 14.2 Å². The van der Waals surface area contributed by atoms with Crippen LogP contribution in [-0.2, 0) is 41.5 Å². The number of anilines is 1. The molecule has 4 rings (SSSR count). The molecular weight excluding hydrogens is 484 g/mol. The van der Waals surface area contributed by atoms with Crippen LogP contribution in [0, 0.1) is 0 Å². The first-order valence-corrected chi connectivity index (χ1v) is 12.3. The molecule has 0 radical (unpaired) electrons. The summed E-state index contributed by atoms with van der Waals surface area (Å²) in [6, 6.07) is 24.8. The molecule has 0 spiro atoms. The lowest BCUT2D eigenvalue weighted by Crippen LogP contribution is -2.69. The summed E-state index contributed by atoms with van der Waals surface area (Å²) in [6.07, 6.45) is -0.886. The average Bonchev–Trinajstić information content (AvgIpc) is 3.11. The number of esters is 1. The number of carbonyl (C=O) groups excluding carboxylic acids is 3. The summed E-state index contributed by atoms with van der Waals surface area (Å²) in [5, 5.41) is 2.80. The predicted octanol–water partition coefficient (Wildman–Crippen LogP) is 4.67. The molecule has 198 valence electrons. The van der Waals surface area contributed by atoms with Crippen LogP contribution in [0.2, 0.25) is 0 Å². The Morgan fingerprint density at radius 1 is 0.895 bits per heavy atom. The van der Waals surface area contributed by atoms with E-state index in [2.05, 4.69) is 5.32 Å². The molecule has 2 atom stereocenters. The van der Waals surface area contributed by atoms with E-state index in [0.717, 1.165) is 5.56 Å². The second kappa shape index (κ2) is 10.3. The molecule has 0 saturated carbocycles. The van der Waals surface area contributed by atoms with Crippen LogP contribution in [0.25, 0.3) is 0 Å². The molecule has 8 nitrogen and oxygen atoms in total. The number of carbonyl (C=O) groups is 3. The van der Waals surface area contributed by atoms with Gasteiger partial charge in [-0.15, -0.1) is 0 Å². The Bertz CT molecular complexity index is 1320. The van der Waals surface area contributed by atoms with Gasteiger partial charge in [-0.2, -0.15) is 0 Å². The zero-order valence-corrected chi connectivity index (χ0v) is 22.2. The summed E-state index contributed by atoms with van der Waals surface area (Å²) in [6.45, 7) is 5.09. The molecule has 38 heavy (non-hydrogen) atoms. The minimum Gasteiger partial charge on any atom is -0.467 e. The Morgan fingerprint density at radius 2 is 1.47 bits per heavy atom. The fraction of sp³-hybridized carbons (Fsp3) is 0.300. The van der Waals surface area contributed by atoms with E-state index in [0.29, 0.717) is 16.8 Å². The topological polar surface area (TPSA) is 94.2 Å². The van der Waals surface area contributed by atoms with Crippen LogP contribution < -0.4 is 10.2 Å². The minimum atomic E-state index is -2.13. The lowest BCUT2D eigenvalue weighted by atomic mass is 9.70. The van der Waals surface area contributed by atoms with E-state index < -0.39 is 34.7 Å². The maximum Gasteiger partial charge on any atom is 0.408 e. The first-order chi connectivity index (χ1) is 18.1. The minimum absolute atomic E-state index is 0.0538. The number of ether oxygens (including phenoxy) is 3. The number of methoxy groups -OCH3 is 1. The number of para-hydroxylation sites is 1. The number of alkyl carbamates (subject to hydrolysis) is 1. The van der Waals surface area contributed by atoms with E-state index in [9.17, 15) is 14.4 Å². The molecule has 3 aromatic carbocycles. The fourth-order valence-corrected chi connectivity index (χ4v) is 4.89. The smallest absolute Gasteiger partial charge is 0.408 e. The third kappa shape index (κ3) is 4.52. The van der Waals surface area contributed by atoms with E-state index in [1.54, 1.807) is 82.4 Å².